The zero-order valence-corrected chi connectivity index (χ0v) is 19.2. The number of halogens is 1. The molecule has 0 spiro atoms. The van der Waals surface area contributed by atoms with Gasteiger partial charge in [0, 0.05) is 36.2 Å². The number of nitrogens with two attached hydrogens (primary N) is 1. The smallest absolute Gasteiger partial charge is 0.251 e. The summed E-state index contributed by atoms with van der Waals surface area (Å²) in [6, 6.07) is 13.1. The van der Waals surface area contributed by atoms with Gasteiger partial charge in [0.15, 0.2) is 0 Å². The molecule has 3 rings (SSSR count). The van der Waals surface area contributed by atoms with Crippen LogP contribution in [0.4, 0.5) is 4.39 Å². The van der Waals surface area contributed by atoms with Crippen molar-refractivity contribution in [1.29, 1.82) is 5.41 Å². The molecule has 1 heterocycles. The van der Waals surface area contributed by atoms with E-state index in [9.17, 15) is 9.18 Å². The molecule has 9 heteroatoms. The highest BCUT2D eigenvalue weighted by Gasteiger charge is 2.13. The van der Waals surface area contributed by atoms with Crippen molar-refractivity contribution in [3.05, 3.63) is 59.9 Å². The molecule has 0 saturated heterocycles. The fourth-order valence-electron chi connectivity index (χ4n) is 3.37. The van der Waals surface area contributed by atoms with E-state index in [1.807, 2.05) is 0 Å². The van der Waals surface area contributed by atoms with Gasteiger partial charge in [0.1, 0.15) is 18.2 Å². The number of benzene rings is 2. The number of hydrazone groups is 1. The third-order valence-corrected chi connectivity index (χ3v) is 5.18. The van der Waals surface area contributed by atoms with Gasteiger partial charge in [-0.25, -0.2) is 9.37 Å². The number of fused-ring (bicyclic) bond motifs is 1. The maximum absolute atomic E-state index is 13.4. The SMILES string of the molecule is COCCOc1cc(-c2ccc(F)cc2)nc2cc(C(=O)NCCC/C(=N/N)C(C)=N)ccc12. The van der Waals surface area contributed by atoms with E-state index in [0.29, 0.717) is 66.5 Å². The second kappa shape index (κ2) is 11.9. The number of carbonyl (C=O) groups is 1. The molecule has 0 atom stereocenters. The van der Waals surface area contributed by atoms with Gasteiger partial charge in [-0.15, -0.1) is 0 Å². The second-order valence-electron chi connectivity index (χ2n) is 7.65. The van der Waals surface area contributed by atoms with Crippen molar-refractivity contribution in [3.8, 4) is 17.0 Å². The summed E-state index contributed by atoms with van der Waals surface area (Å²) in [5, 5.41) is 14.8. The lowest BCUT2D eigenvalue weighted by Gasteiger charge is -2.13. The topological polar surface area (TPSA) is 123 Å². The van der Waals surface area contributed by atoms with E-state index in [-0.39, 0.29) is 11.7 Å². The number of methoxy groups -OCH3 is 1. The van der Waals surface area contributed by atoms with Crippen molar-refractivity contribution in [2.24, 2.45) is 10.9 Å². The largest absolute Gasteiger partial charge is 0.490 e. The van der Waals surface area contributed by atoms with Crippen molar-refractivity contribution < 1.29 is 18.7 Å². The van der Waals surface area contributed by atoms with E-state index in [4.69, 9.17) is 25.7 Å². The molecular formula is C25H28FN5O3. The Kier molecular flexibility index (Phi) is 8.64. The van der Waals surface area contributed by atoms with E-state index in [0.717, 1.165) is 10.9 Å². The number of carbonyl (C=O) groups excluding carboxylic acids is 1. The summed E-state index contributed by atoms with van der Waals surface area (Å²) in [5.74, 6) is 5.32. The van der Waals surface area contributed by atoms with Gasteiger partial charge in [0.2, 0.25) is 0 Å². The molecular weight excluding hydrogens is 437 g/mol. The lowest BCUT2D eigenvalue weighted by atomic mass is 10.1. The number of pyridine rings is 1. The van der Waals surface area contributed by atoms with Crippen molar-refractivity contribution in [3.63, 3.8) is 0 Å². The number of hydrogen-bond donors (Lipinski definition) is 3. The highest BCUT2D eigenvalue weighted by Crippen LogP contribution is 2.31. The first-order valence-electron chi connectivity index (χ1n) is 10.9. The molecule has 0 radical (unpaired) electrons. The average Bonchev–Trinajstić information content (AvgIpc) is 2.83. The Bertz CT molecular complexity index is 1200. The van der Waals surface area contributed by atoms with Crippen LogP contribution in [0.1, 0.15) is 30.1 Å². The number of ether oxygens (including phenoxy) is 2. The number of amides is 1. The van der Waals surface area contributed by atoms with Crippen LogP contribution in [0.25, 0.3) is 22.2 Å². The molecule has 4 N–H and O–H groups in total. The van der Waals surface area contributed by atoms with Crippen LogP contribution < -0.4 is 15.9 Å². The maximum atomic E-state index is 13.4. The standard InChI is InChI=1S/C25H28FN5O3/c1-16(27)21(31-28)4-3-11-29-25(32)18-7-10-20-23(14-18)30-22(15-24(20)34-13-12-33-2)17-5-8-19(26)9-6-17/h5-10,14-15,27H,3-4,11-13,28H2,1-2H3,(H,29,32)/b27-16?,31-21-. The average molecular weight is 466 g/mol. The molecule has 0 saturated carbocycles. The van der Waals surface area contributed by atoms with E-state index in [1.54, 1.807) is 50.4 Å². The van der Waals surface area contributed by atoms with Gasteiger partial charge in [0.25, 0.3) is 5.91 Å². The minimum Gasteiger partial charge on any atom is -0.490 e. The monoisotopic (exact) mass is 465 g/mol. The molecule has 0 fully saturated rings. The molecule has 0 aliphatic heterocycles. The van der Waals surface area contributed by atoms with Crippen molar-refractivity contribution in [2.45, 2.75) is 19.8 Å². The first-order valence-corrected chi connectivity index (χ1v) is 10.9. The zero-order valence-electron chi connectivity index (χ0n) is 19.2. The number of rotatable bonds is 11. The minimum absolute atomic E-state index is 0.240. The van der Waals surface area contributed by atoms with Gasteiger partial charge in [0.05, 0.1) is 29.2 Å². The fraction of sp³-hybridized carbons (Fsp3) is 0.280. The first-order chi connectivity index (χ1) is 16.4. The summed E-state index contributed by atoms with van der Waals surface area (Å²) >= 11 is 0. The third kappa shape index (κ3) is 6.35. The summed E-state index contributed by atoms with van der Waals surface area (Å²) in [6.45, 7) is 2.81. The number of hydrogen-bond acceptors (Lipinski definition) is 7. The van der Waals surface area contributed by atoms with Crippen LogP contribution in [-0.4, -0.2) is 49.2 Å². The van der Waals surface area contributed by atoms with E-state index in [1.165, 1.54) is 12.1 Å². The minimum atomic E-state index is -0.333. The van der Waals surface area contributed by atoms with Gasteiger partial charge in [-0.3, -0.25) is 4.79 Å². The zero-order chi connectivity index (χ0) is 24.5. The number of nitrogens with one attached hydrogen (secondary N) is 2. The molecule has 8 nitrogen and oxygen atoms in total. The van der Waals surface area contributed by atoms with E-state index < -0.39 is 0 Å². The lowest BCUT2D eigenvalue weighted by molar-refractivity contribution is 0.0953. The summed E-state index contributed by atoms with van der Waals surface area (Å²) in [4.78, 5) is 17.4. The Hall–Kier alpha value is -3.85. The van der Waals surface area contributed by atoms with Crippen molar-refractivity contribution in [2.75, 3.05) is 26.9 Å². The Morgan fingerprint density at radius 3 is 2.62 bits per heavy atom. The van der Waals surface area contributed by atoms with Gasteiger partial charge < -0.3 is 26.0 Å². The van der Waals surface area contributed by atoms with E-state index >= 15 is 0 Å². The fourth-order valence-corrected chi connectivity index (χ4v) is 3.37. The molecule has 0 aliphatic rings. The van der Waals surface area contributed by atoms with Crippen LogP contribution in [-0.2, 0) is 4.74 Å². The maximum Gasteiger partial charge on any atom is 0.251 e. The Morgan fingerprint density at radius 2 is 1.94 bits per heavy atom. The summed E-state index contributed by atoms with van der Waals surface area (Å²) < 4.78 is 24.4. The van der Waals surface area contributed by atoms with Gasteiger partial charge in [-0.1, -0.05) is 0 Å². The van der Waals surface area contributed by atoms with Crippen molar-refractivity contribution in [1.82, 2.24) is 10.3 Å². The Labute approximate surface area is 197 Å². The van der Waals surface area contributed by atoms with Crippen LogP contribution in [0, 0.1) is 11.2 Å². The third-order valence-electron chi connectivity index (χ3n) is 5.18. The highest BCUT2D eigenvalue weighted by atomic mass is 19.1. The molecule has 2 aromatic carbocycles. The summed E-state index contributed by atoms with van der Waals surface area (Å²) in [5.41, 5.74) is 3.20. The number of aromatic nitrogens is 1. The van der Waals surface area contributed by atoms with Crippen LogP contribution >= 0.6 is 0 Å². The van der Waals surface area contributed by atoms with Gasteiger partial charge >= 0.3 is 0 Å². The van der Waals surface area contributed by atoms with Gasteiger partial charge in [-0.2, -0.15) is 5.10 Å². The molecule has 1 amide bonds. The molecule has 3 aromatic rings. The summed E-state index contributed by atoms with van der Waals surface area (Å²) in [6.07, 6.45) is 1.12. The van der Waals surface area contributed by atoms with Crippen LogP contribution in [0.5, 0.6) is 5.75 Å². The quantitative estimate of drug-likeness (QED) is 0.171. The Morgan fingerprint density at radius 1 is 1.18 bits per heavy atom. The van der Waals surface area contributed by atoms with Crippen LogP contribution in [0.15, 0.2) is 53.6 Å². The predicted molar refractivity (Wildman–Crippen MR) is 131 cm³/mol. The lowest BCUT2D eigenvalue weighted by Crippen LogP contribution is -2.25. The molecule has 0 bridgehead atoms. The second-order valence-corrected chi connectivity index (χ2v) is 7.65. The highest BCUT2D eigenvalue weighted by molar-refractivity contribution is 6.40. The van der Waals surface area contributed by atoms with E-state index in [2.05, 4.69) is 10.4 Å². The van der Waals surface area contributed by atoms with Gasteiger partial charge in [-0.05, 0) is 62.2 Å². The molecule has 0 aliphatic carbocycles. The van der Waals surface area contributed by atoms with Crippen LogP contribution in [0.2, 0.25) is 0 Å². The first kappa shape index (κ1) is 24.8. The van der Waals surface area contributed by atoms with Crippen molar-refractivity contribution >= 4 is 28.2 Å². The molecule has 0 unspecified atom stereocenters. The Balaban J connectivity index is 1.83. The predicted octanol–water partition coefficient (Wildman–Crippen LogP) is 3.93. The molecule has 178 valence electrons. The summed E-state index contributed by atoms with van der Waals surface area (Å²) in [7, 11) is 1.60. The molecule has 34 heavy (non-hydrogen) atoms. The molecule has 1 aromatic heterocycles. The number of nitrogens with zero attached hydrogens (tertiary/aromatic N) is 2. The normalized spacial score (nSPS) is 11.4. The van der Waals surface area contributed by atoms with Crippen LogP contribution in [0.3, 0.4) is 0 Å².